The minimum atomic E-state index is -2.51. The molecule has 0 heterocycles. The van der Waals surface area contributed by atoms with Crippen molar-refractivity contribution in [1.82, 2.24) is 5.32 Å². The molecule has 0 bridgehead atoms. The van der Waals surface area contributed by atoms with E-state index in [1.54, 1.807) is 20.8 Å². The topological polar surface area (TPSA) is 38.3 Å². The third-order valence-electron chi connectivity index (χ3n) is 3.86. The minimum absolute atomic E-state index is 0.0171. The molecule has 1 atom stereocenters. The molecule has 2 saturated carbocycles. The van der Waals surface area contributed by atoms with Gasteiger partial charge in [-0.25, -0.2) is 13.6 Å². The Morgan fingerprint density at radius 3 is 2.28 bits per heavy atom. The van der Waals surface area contributed by atoms with Crippen molar-refractivity contribution in [2.45, 2.75) is 70.4 Å². The van der Waals surface area contributed by atoms with E-state index >= 15 is 0 Å². The lowest BCUT2D eigenvalue weighted by atomic mass is 9.83. The van der Waals surface area contributed by atoms with Gasteiger partial charge < -0.3 is 10.1 Å². The minimum Gasteiger partial charge on any atom is -0.444 e. The first-order valence-corrected chi connectivity index (χ1v) is 6.49. The summed E-state index contributed by atoms with van der Waals surface area (Å²) < 4.78 is 31.3. The monoisotopic (exact) mass is 261 g/mol. The van der Waals surface area contributed by atoms with Crippen LogP contribution in [0.25, 0.3) is 0 Å². The predicted molar refractivity (Wildman–Crippen MR) is 63.6 cm³/mol. The van der Waals surface area contributed by atoms with Crippen molar-refractivity contribution in [2.75, 3.05) is 0 Å². The van der Waals surface area contributed by atoms with Gasteiger partial charge >= 0.3 is 6.09 Å². The Morgan fingerprint density at radius 2 is 1.78 bits per heavy atom. The first kappa shape index (κ1) is 13.6. The van der Waals surface area contributed by atoms with Crippen LogP contribution in [0.15, 0.2) is 0 Å². The van der Waals surface area contributed by atoms with Gasteiger partial charge in [0.25, 0.3) is 0 Å². The molecule has 3 nitrogen and oxygen atoms in total. The molecule has 5 heteroatoms. The van der Waals surface area contributed by atoms with Crippen LogP contribution in [0.3, 0.4) is 0 Å². The van der Waals surface area contributed by atoms with Crippen LogP contribution in [0.1, 0.15) is 52.9 Å². The largest absolute Gasteiger partial charge is 0.444 e. The van der Waals surface area contributed by atoms with Crippen molar-refractivity contribution in [3.63, 3.8) is 0 Å². The van der Waals surface area contributed by atoms with Gasteiger partial charge in [0.15, 0.2) is 0 Å². The number of nitrogens with one attached hydrogen (secondary N) is 1. The van der Waals surface area contributed by atoms with Crippen molar-refractivity contribution < 1.29 is 18.3 Å². The second-order valence-corrected chi connectivity index (χ2v) is 6.62. The number of amides is 1. The molecule has 2 fully saturated rings. The van der Waals surface area contributed by atoms with E-state index in [0.717, 1.165) is 6.42 Å². The third kappa shape index (κ3) is 3.12. The van der Waals surface area contributed by atoms with Crippen LogP contribution in [0, 0.1) is 5.41 Å². The zero-order valence-corrected chi connectivity index (χ0v) is 11.2. The molecule has 0 aliphatic heterocycles. The maximum atomic E-state index is 13.1. The fourth-order valence-electron chi connectivity index (χ4n) is 2.67. The second-order valence-electron chi connectivity index (χ2n) is 6.62. The highest BCUT2D eigenvalue weighted by Crippen LogP contribution is 2.58. The number of carbonyl (C=O) groups excluding carboxylic acids is 1. The molecule has 104 valence electrons. The Balaban J connectivity index is 1.80. The van der Waals surface area contributed by atoms with Crippen LogP contribution in [0.4, 0.5) is 13.6 Å². The molecule has 1 amide bonds. The summed E-state index contributed by atoms with van der Waals surface area (Å²) in [7, 11) is 0. The summed E-state index contributed by atoms with van der Waals surface area (Å²) >= 11 is 0. The average Bonchev–Trinajstić information content (AvgIpc) is 2.82. The fraction of sp³-hybridized carbons (Fsp3) is 0.923. The van der Waals surface area contributed by atoms with Crippen molar-refractivity contribution in [3.8, 4) is 0 Å². The van der Waals surface area contributed by atoms with Crippen molar-refractivity contribution >= 4 is 6.09 Å². The highest BCUT2D eigenvalue weighted by Gasteiger charge is 2.58. The first-order chi connectivity index (χ1) is 8.12. The molecule has 1 N–H and O–H groups in total. The van der Waals surface area contributed by atoms with Gasteiger partial charge in [-0.2, -0.15) is 0 Å². The summed E-state index contributed by atoms with van der Waals surface area (Å²) in [6.07, 6.45) is 1.25. The highest BCUT2D eigenvalue weighted by atomic mass is 19.3. The number of halogens is 2. The Labute approximate surface area is 106 Å². The number of carbonyl (C=O) groups is 1. The van der Waals surface area contributed by atoms with E-state index < -0.39 is 17.6 Å². The molecule has 18 heavy (non-hydrogen) atoms. The van der Waals surface area contributed by atoms with Crippen molar-refractivity contribution in [1.29, 1.82) is 0 Å². The van der Waals surface area contributed by atoms with Gasteiger partial charge in [0.1, 0.15) is 5.60 Å². The Morgan fingerprint density at radius 1 is 1.22 bits per heavy atom. The second kappa shape index (κ2) is 4.07. The standard InChI is InChI=1S/C13H21F2NO2/c1-11(2,3)18-10(17)16-9-8-12(9)4-6-13(14,15)7-5-12/h9H,4-8H2,1-3H3,(H,16,17). The Kier molecular flexibility index (Phi) is 3.06. The molecule has 1 spiro atoms. The third-order valence-corrected chi connectivity index (χ3v) is 3.86. The van der Waals surface area contributed by atoms with Crippen LogP contribution in [-0.2, 0) is 4.74 Å². The van der Waals surface area contributed by atoms with Crippen LogP contribution in [-0.4, -0.2) is 23.7 Å². The highest BCUT2D eigenvalue weighted by molar-refractivity contribution is 5.68. The lowest BCUT2D eigenvalue weighted by Crippen LogP contribution is -2.37. The summed E-state index contributed by atoms with van der Waals surface area (Å²) in [4.78, 5) is 11.6. The van der Waals surface area contributed by atoms with Gasteiger partial charge in [-0.3, -0.25) is 0 Å². The molecule has 0 aromatic carbocycles. The zero-order chi connectivity index (χ0) is 13.6. The van der Waals surface area contributed by atoms with Crippen molar-refractivity contribution in [2.24, 2.45) is 5.41 Å². The van der Waals surface area contributed by atoms with E-state index in [-0.39, 0.29) is 24.3 Å². The van der Waals surface area contributed by atoms with E-state index in [1.807, 2.05) is 0 Å². The zero-order valence-electron chi connectivity index (χ0n) is 11.2. The number of hydrogen-bond donors (Lipinski definition) is 1. The molecule has 2 aliphatic carbocycles. The SMILES string of the molecule is CC(C)(C)OC(=O)NC1CC12CCC(F)(F)CC2. The molecule has 2 aliphatic rings. The average molecular weight is 261 g/mol. The van der Waals surface area contributed by atoms with E-state index in [4.69, 9.17) is 4.74 Å². The first-order valence-electron chi connectivity index (χ1n) is 6.49. The molecule has 1 unspecified atom stereocenters. The summed E-state index contributed by atoms with van der Waals surface area (Å²) in [6, 6.07) is 0.0171. The maximum absolute atomic E-state index is 13.1. The predicted octanol–water partition coefficient (Wildman–Crippen LogP) is 3.48. The Hall–Kier alpha value is -0.870. The van der Waals surface area contributed by atoms with E-state index in [0.29, 0.717) is 12.8 Å². The lowest BCUT2D eigenvalue weighted by Gasteiger charge is -2.29. The summed E-state index contributed by atoms with van der Waals surface area (Å²) in [6.45, 7) is 5.41. The smallest absolute Gasteiger partial charge is 0.407 e. The number of alkyl halides is 2. The molecule has 0 radical (unpaired) electrons. The molecule has 0 aromatic heterocycles. The Bertz CT molecular complexity index is 339. The number of ether oxygens (including phenoxy) is 1. The van der Waals surface area contributed by atoms with Gasteiger partial charge in [-0.05, 0) is 45.4 Å². The van der Waals surface area contributed by atoms with Gasteiger partial charge in [-0.1, -0.05) is 0 Å². The van der Waals surface area contributed by atoms with Gasteiger partial charge in [-0.15, -0.1) is 0 Å². The normalized spacial score (nSPS) is 28.8. The summed E-state index contributed by atoms with van der Waals surface area (Å²) in [5.74, 6) is -2.51. The summed E-state index contributed by atoms with van der Waals surface area (Å²) in [5, 5.41) is 2.79. The fourth-order valence-corrected chi connectivity index (χ4v) is 2.67. The van der Waals surface area contributed by atoms with E-state index in [1.165, 1.54) is 0 Å². The van der Waals surface area contributed by atoms with Crippen LogP contribution < -0.4 is 5.32 Å². The molecule has 2 rings (SSSR count). The van der Waals surface area contributed by atoms with Gasteiger partial charge in [0, 0.05) is 18.9 Å². The van der Waals surface area contributed by atoms with E-state index in [2.05, 4.69) is 5.32 Å². The summed E-state index contributed by atoms with van der Waals surface area (Å²) in [5.41, 5.74) is -0.607. The van der Waals surface area contributed by atoms with Gasteiger partial charge in [0.05, 0.1) is 0 Å². The molecule has 0 saturated heterocycles. The number of alkyl carbamates (subject to hydrolysis) is 1. The molecular weight excluding hydrogens is 240 g/mol. The number of hydrogen-bond acceptors (Lipinski definition) is 2. The molecular formula is C13H21F2NO2. The van der Waals surface area contributed by atoms with Crippen LogP contribution >= 0.6 is 0 Å². The van der Waals surface area contributed by atoms with Crippen molar-refractivity contribution in [3.05, 3.63) is 0 Å². The maximum Gasteiger partial charge on any atom is 0.407 e. The lowest BCUT2D eigenvalue weighted by molar-refractivity contribution is -0.0508. The number of rotatable bonds is 1. The molecule has 0 aromatic rings. The van der Waals surface area contributed by atoms with Crippen LogP contribution in [0.5, 0.6) is 0 Å². The quantitative estimate of drug-likeness (QED) is 0.784. The van der Waals surface area contributed by atoms with Crippen LogP contribution in [0.2, 0.25) is 0 Å². The van der Waals surface area contributed by atoms with E-state index in [9.17, 15) is 13.6 Å². The van der Waals surface area contributed by atoms with Gasteiger partial charge in [0.2, 0.25) is 5.92 Å².